The van der Waals surface area contributed by atoms with Crippen molar-refractivity contribution >= 4 is 11.6 Å². The van der Waals surface area contributed by atoms with Gasteiger partial charge in [0.1, 0.15) is 5.82 Å². The smallest absolute Gasteiger partial charge is 0.195 e. The van der Waals surface area contributed by atoms with E-state index in [4.69, 9.17) is 9.47 Å². The van der Waals surface area contributed by atoms with Gasteiger partial charge in [-0.3, -0.25) is 4.99 Å². The molecule has 5 nitrogen and oxygen atoms in total. The van der Waals surface area contributed by atoms with E-state index in [0.717, 1.165) is 11.3 Å². The number of nitrogens with one attached hydrogen (secondary N) is 2. The average molecular weight is 331 g/mol. The first-order valence-electron chi connectivity index (χ1n) is 7.69. The van der Waals surface area contributed by atoms with Gasteiger partial charge in [-0.05, 0) is 36.8 Å². The number of hydrogen-bond donors (Lipinski definition) is 2. The highest BCUT2D eigenvalue weighted by atomic mass is 19.1. The summed E-state index contributed by atoms with van der Waals surface area (Å²) in [7, 11) is 3.29. The zero-order valence-electron chi connectivity index (χ0n) is 14.1. The second-order valence-corrected chi connectivity index (χ2v) is 4.98. The molecule has 0 aliphatic heterocycles. The SMILES string of the molecule is CCOc1ccc(NC(=NC)NCc2ccc(F)cc2)cc1OC. The van der Waals surface area contributed by atoms with Crippen LogP contribution in [0.15, 0.2) is 47.5 Å². The number of halogens is 1. The summed E-state index contributed by atoms with van der Waals surface area (Å²) in [5, 5.41) is 6.36. The van der Waals surface area contributed by atoms with Crippen LogP contribution in [0.1, 0.15) is 12.5 Å². The molecule has 2 N–H and O–H groups in total. The van der Waals surface area contributed by atoms with Crippen LogP contribution in [0.3, 0.4) is 0 Å². The average Bonchev–Trinajstić information content (AvgIpc) is 2.61. The van der Waals surface area contributed by atoms with Crippen LogP contribution in [0.5, 0.6) is 11.5 Å². The van der Waals surface area contributed by atoms with Crippen molar-refractivity contribution in [1.29, 1.82) is 0 Å². The fourth-order valence-corrected chi connectivity index (χ4v) is 2.12. The Balaban J connectivity index is 2.00. The van der Waals surface area contributed by atoms with Gasteiger partial charge in [-0.15, -0.1) is 0 Å². The van der Waals surface area contributed by atoms with Crippen molar-refractivity contribution in [2.45, 2.75) is 13.5 Å². The van der Waals surface area contributed by atoms with Crippen molar-refractivity contribution in [3.63, 3.8) is 0 Å². The van der Waals surface area contributed by atoms with Gasteiger partial charge in [0.2, 0.25) is 0 Å². The molecule has 2 aromatic rings. The van der Waals surface area contributed by atoms with Gasteiger partial charge in [-0.25, -0.2) is 4.39 Å². The Morgan fingerprint density at radius 1 is 1.12 bits per heavy atom. The van der Waals surface area contributed by atoms with Crippen LogP contribution in [0.2, 0.25) is 0 Å². The molecular weight excluding hydrogens is 309 g/mol. The third kappa shape index (κ3) is 4.87. The number of aliphatic imine (C=N–C) groups is 1. The van der Waals surface area contributed by atoms with Crippen LogP contribution >= 0.6 is 0 Å². The third-order valence-corrected chi connectivity index (χ3v) is 3.32. The number of benzene rings is 2. The molecule has 0 fully saturated rings. The molecule has 128 valence electrons. The van der Waals surface area contributed by atoms with Crippen molar-refractivity contribution in [1.82, 2.24) is 5.32 Å². The van der Waals surface area contributed by atoms with E-state index < -0.39 is 0 Å². The summed E-state index contributed by atoms with van der Waals surface area (Å²) >= 11 is 0. The quantitative estimate of drug-likeness (QED) is 0.629. The molecule has 0 unspecified atom stereocenters. The molecule has 0 heterocycles. The molecule has 0 spiro atoms. The van der Waals surface area contributed by atoms with Crippen LogP contribution in [0.4, 0.5) is 10.1 Å². The number of nitrogens with zero attached hydrogens (tertiary/aromatic N) is 1. The Bertz CT molecular complexity index is 687. The molecule has 24 heavy (non-hydrogen) atoms. The zero-order valence-corrected chi connectivity index (χ0v) is 14.1. The summed E-state index contributed by atoms with van der Waals surface area (Å²) in [4.78, 5) is 4.18. The molecule has 0 aromatic heterocycles. The van der Waals surface area contributed by atoms with E-state index in [-0.39, 0.29) is 5.82 Å². The lowest BCUT2D eigenvalue weighted by atomic mass is 10.2. The maximum absolute atomic E-state index is 12.9. The molecule has 2 aromatic carbocycles. The van der Waals surface area contributed by atoms with Crippen LogP contribution in [-0.2, 0) is 6.54 Å². The first-order chi connectivity index (χ1) is 11.7. The summed E-state index contributed by atoms with van der Waals surface area (Å²) in [6, 6.07) is 11.9. The van der Waals surface area contributed by atoms with Crippen molar-refractivity contribution in [3.05, 3.63) is 53.8 Å². The molecule has 0 saturated heterocycles. The highest BCUT2D eigenvalue weighted by molar-refractivity contribution is 5.93. The topological polar surface area (TPSA) is 54.9 Å². The van der Waals surface area contributed by atoms with E-state index in [1.165, 1.54) is 12.1 Å². The van der Waals surface area contributed by atoms with Crippen molar-refractivity contribution in [3.8, 4) is 11.5 Å². The molecule has 0 bridgehead atoms. The van der Waals surface area contributed by atoms with E-state index in [1.807, 2.05) is 25.1 Å². The minimum Gasteiger partial charge on any atom is -0.493 e. The number of anilines is 1. The minimum atomic E-state index is -0.247. The summed E-state index contributed by atoms with van der Waals surface area (Å²) < 4.78 is 23.8. The van der Waals surface area contributed by atoms with E-state index >= 15 is 0 Å². The summed E-state index contributed by atoms with van der Waals surface area (Å²) in [5.41, 5.74) is 1.78. The fourth-order valence-electron chi connectivity index (χ4n) is 2.12. The second kappa shape index (κ2) is 8.76. The molecule has 0 radical (unpaired) electrons. The lowest BCUT2D eigenvalue weighted by Crippen LogP contribution is -2.30. The predicted molar refractivity (Wildman–Crippen MR) is 94.4 cm³/mol. The van der Waals surface area contributed by atoms with Gasteiger partial charge in [-0.1, -0.05) is 12.1 Å². The Labute approximate surface area is 141 Å². The highest BCUT2D eigenvalue weighted by Gasteiger charge is 2.07. The van der Waals surface area contributed by atoms with Crippen LogP contribution in [0, 0.1) is 5.82 Å². The van der Waals surface area contributed by atoms with E-state index in [0.29, 0.717) is 30.6 Å². The van der Waals surface area contributed by atoms with Gasteiger partial charge >= 0.3 is 0 Å². The van der Waals surface area contributed by atoms with E-state index in [1.54, 1.807) is 26.3 Å². The zero-order chi connectivity index (χ0) is 17.4. The molecule has 0 saturated carbocycles. The summed E-state index contributed by atoms with van der Waals surface area (Å²) in [6.45, 7) is 3.03. The summed E-state index contributed by atoms with van der Waals surface area (Å²) in [6.07, 6.45) is 0. The lowest BCUT2D eigenvalue weighted by molar-refractivity contribution is 0.311. The maximum atomic E-state index is 12.9. The largest absolute Gasteiger partial charge is 0.493 e. The van der Waals surface area contributed by atoms with Gasteiger partial charge in [0.15, 0.2) is 17.5 Å². The molecule has 0 aliphatic carbocycles. The van der Waals surface area contributed by atoms with Gasteiger partial charge in [-0.2, -0.15) is 0 Å². The number of ether oxygens (including phenoxy) is 2. The third-order valence-electron chi connectivity index (χ3n) is 3.32. The van der Waals surface area contributed by atoms with E-state index in [9.17, 15) is 4.39 Å². The van der Waals surface area contributed by atoms with Crippen LogP contribution in [0.25, 0.3) is 0 Å². The normalized spacial score (nSPS) is 11.1. The Morgan fingerprint density at radius 3 is 2.50 bits per heavy atom. The first kappa shape index (κ1) is 17.6. The number of methoxy groups -OCH3 is 1. The fraction of sp³-hybridized carbons (Fsp3) is 0.278. The van der Waals surface area contributed by atoms with Crippen LogP contribution in [-0.4, -0.2) is 26.7 Å². The number of guanidine groups is 1. The van der Waals surface area contributed by atoms with Crippen molar-refractivity contribution < 1.29 is 13.9 Å². The summed E-state index contributed by atoms with van der Waals surface area (Å²) in [5.74, 6) is 1.70. The molecular formula is C18H22FN3O2. The Hall–Kier alpha value is -2.76. The van der Waals surface area contributed by atoms with Crippen molar-refractivity contribution in [2.75, 3.05) is 26.1 Å². The monoisotopic (exact) mass is 331 g/mol. The van der Waals surface area contributed by atoms with Crippen molar-refractivity contribution in [2.24, 2.45) is 4.99 Å². The van der Waals surface area contributed by atoms with Crippen LogP contribution < -0.4 is 20.1 Å². The standard InChI is InChI=1S/C18H22FN3O2/c1-4-24-16-10-9-15(11-17(16)23-3)22-18(20-2)21-12-13-5-7-14(19)8-6-13/h5-11H,4,12H2,1-3H3,(H2,20,21,22). The number of hydrogen-bond acceptors (Lipinski definition) is 3. The molecule has 6 heteroatoms. The Morgan fingerprint density at radius 2 is 1.88 bits per heavy atom. The molecule has 0 aliphatic rings. The van der Waals surface area contributed by atoms with Gasteiger partial charge in [0.05, 0.1) is 13.7 Å². The molecule has 0 amide bonds. The predicted octanol–water partition coefficient (Wildman–Crippen LogP) is 3.42. The van der Waals surface area contributed by atoms with Gasteiger partial charge < -0.3 is 20.1 Å². The lowest BCUT2D eigenvalue weighted by Gasteiger charge is -2.14. The maximum Gasteiger partial charge on any atom is 0.195 e. The number of rotatable bonds is 6. The first-order valence-corrected chi connectivity index (χ1v) is 7.69. The Kier molecular flexibility index (Phi) is 6.42. The second-order valence-electron chi connectivity index (χ2n) is 4.98. The van der Waals surface area contributed by atoms with E-state index in [2.05, 4.69) is 15.6 Å². The van der Waals surface area contributed by atoms with Gasteiger partial charge in [0.25, 0.3) is 0 Å². The molecule has 0 atom stereocenters. The van der Waals surface area contributed by atoms with Gasteiger partial charge in [0, 0.05) is 25.3 Å². The highest BCUT2D eigenvalue weighted by Crippen LogP contribution is 2.30. The minimum absolute atomic E-state index is 0.247. The molecule has 2 rings (SSSR count).